The van der Waals surface area contributed by atoms with E-state index in [0.717, 1.165) is 70.6 Å². The Kier molecular flexibility index (Phi) is 33.8. The molecule has 0 rings (SSSR count). The molecule has 9 nitrogen and oxygen atoms in total. The van der Waals surface area contributed by atoms with Crippen LogP contribution in [0.1, 0.15) is 162 Å². The van der Waals surface area contributed by atoms with Gasteiger partial charge < -0.3 is 20.1 Å². The summed E-state index contributed by atoms with van der Waals surface area (Å²) < 4.78 is 26.7. The van der Waals surface area contributed by atoms with Crippen molar-refractivity contribution in [2.75, 3.05) is 26.4 Å². The lowest BCUT2D eigenvalue weighted by atomic mass is 10.0. The second kappa shape index (κ2) is 35.1. The summed E-state index contributed by atoms with van der Waals surface area (Å²) >= 11 is 0. The topological polar surface area (TPSA) is 131 Å². The maximum atomic E-state index is 12.0. The van der Waals surface area contributed by atoms with Crippen molar-refractivity contribution in [3.63, 3.8) is 0 Å². The summed E-state index contributed by atoms with van der Waals surface area (Å²) in [6.07, 6.45) is 36.4. The van der Waals surface area contributed by atoms with Crippen LogP contribution in [0.15, 0.2) is 36.5 Å². The first kappa shape index (κ1) is 46.2. The highest BCUT2D eigenvalue weighted by atomic mass is 31.2. The van der Waals surface area contributed by atoms with Gasteiger partial charge in [-0.1, -0.05) is 140 Å². The van der Waals surface area contributed by atoms with E-state index in [4.69, 9.17) is 13.8 Å². The number of hydrogen-bond acceptors (Lipinski definition) is 7. The Morgan fingerprint density at radius 1 is 0.667 bits per heavy atom. The van der Waals surface area contributed by atoms with Crippen molar-refractivity contribution in [2.45, 2.75) is 168 Å². The first-order valence-corrected chi connectivity index (χ1v) is 20.5. The number of esters is 1. The van der Waals surface area contributed by atoms with E-state index >= 15 is 0 Å². The number of phosphoric acid groups is 1. The minimum absolute atomic E-state index is 0.0810. The average Bonchev–Trinajstić information content (AvgIpc) is 3.07. The van der Waals surface area contributed by atoms with Crippen LogP contribution in [0.2, 0.25) is 0 Å². The molecule has 1 amide bonds. The molecule has 0 bridgehead atoms. The van der Waals surface area contributed by atoms with Crippen LogP contribution in [0.5, 0.6) is 0 Å². The second-order valence-corrected chi connectivity index (χ2v) is 14.0. The number of nitrogens with one attached hydrogen (secondary N) is 1. The highest BCUT2D eigenvalue weighted by Crippen LogP contribution is 2.42. The minimum Gasteiger partial charge on any atom is -0.463 e. The van der Waals surface area contributed by atoms with Crippen molar-refractivity contribution in [2.24, 2.45) is 0 Å². The van der Waals surface area contributed by atoms with E-state index in [2.05, 4.69) is 55.6 Å². The van der Waals surface area contributed by atoms with Crippen molar-refractivity contribution in [1.29, 1.82) is 0 Å². The number of allylic oxidation sites excluding steroid dienone is 6. The van der Waals surface area contributed by atoms with Crippen LogP contribution in [0.4, 0.5) is 0 Å². The normalized spacial score (nSPS) is 13.8. The summed E-state index contributed by atoms with van der Waals surface area (Å²) in [6.45, 7) is 3.40. The van der Waals surface area contributed by atoms with Crippen LogP contribution in [-0.2, 0) is 27.9 Å². The third-order valence-corrected chi connectivity index (χ3v) is 8.82. The third-order valence-electron chi connectivity index (χ3n) is 7.83. The van der Waals surface area contributed by atoms with Crippen LogP contribution in [-0.4, -0.2) is 54.3 Å². The monoisotopic (exact) mass is 699 g/mol. The van der Waals surface area contributed by atoms with Crippen molar-refractivity contribution in [3.8, 4) is 0 Å². The molecular weight excluding hydrogens is 629 g/mol. The number of rotatable bonds is 35. The van der Waals surface area contributed by atoms with Crippen LogP contribution in [0.25, 0.3) is 0 Å². The summed E-state index contributed by atoms with van der Waals surface area (Å²) in [6, 6.07) is 0. The van der Waals surface area contributed by atoms with Crippen molar-refractivity contribution in [3.05, 3.63) is 36.5 Å². The Morgan fingerprint density at radius 3 is 1.79 bits per heavy atom. The van der Waals surface area contributed by atoms with Gasteiger partial charge in [0.05, 0.1) is 13.2 Å². The Hall–Kier alpha value is -1.77. The summed E-state index contributed by atoms with van der Waals surface area (Å²) in [5.41, 5.74) is 0. The molecule has 0 aliphatic rings. The zero-order valence-corrected chi connectivity index (χ0v) is 31.3. The zero-order valence-electron chi connectivity index (χ0n) is 30.4. The van der Waals surface area contributed by atoms with Crippen molar-refractivity contribution >= 4 is 19.7 Å². The molecule has 0 saturated carbocycles. The van der Waals surface area contributed by atoms with E-state index in [0.29, 0.717) is 12.8 Å². The molecule has 2 unspecified atom stereocenters. The number of phosphoric ester groups is 1. The molecule has 2 atom stereocenters. The molecule has 0 radical (unpaired) electrons. The standard InChI is InChI=1S/C38H70NO8P/c1-3-5-7-9-11-13-15-17-18-19-21-23-25-27-29-31-38(42)45-34-36(40)35-47-48(43,44)46-33-32-39-37(41)30-28-26-24-22-20-16-14-12-10-8-6-4-2/h5,7,11,13,17-18,36,40H,3-4,6,8-10,12,14-16,19-35H2,1-2H3,(H,39,41)(H,43,44)/b7-5-,13-11-,18-17-. The highest BCUT2D eigenvalue weighted by Gasteiger charge is 2.23. The van der Waals surface area contributed by atoms with Gasteiger partial charge in [-0.3, -0.25) is 18.6 Å². The number of unbranched alkanes of at least 4 members (excludes halogenated alkanes) is 16. The zero-order chi connectivity index (χ0) is 35.4. The first-order chi connectivity index (χ1) is 23.3. The van der Waals surface area contributed by atoms with Crippen LogP contribution in [0.3, 0.4) is 0 Å². The quantitative estimate of drug-likeness (QED) is 0.0258. The van der Waals surface area contributed by atoms with Crippen molar-refractivity contribution in [1.82, 2.24) is 5.32 Å². The van der Waals surface area contributed by atoms with Gasteiger partial charge in [-0.05, 0) is 44.9 Å². The smallest absolute Gasteiger partial charge is 0.463 e. The molecule has 0 aromatic rings. The Bertz CT molecular complexity index is 892. The first-order valence-electron chi connectivity index (χ1n) is 19.0. The second-order valence-electron chi connectivity index (χ2n) is 12.5. The summed E-state index contributed by atoms with van der Waals surface area (Å²) in [4.78, 5) is 33.7. The predicted molar refractivity (Wildman–Crippen MR) is 197 cm³/mol. The van der Waals surface area contributed by atoms with Gasteiger partial charge in [-0.25, -0.2) is 4.57 Å². The minimum atomic E-state index is -4.41. The fourth-order valence-electron chi connectivity index (χ4n) is 4.98. The molecule has 0 saturated heterocycles. The molecular formula is C38H70NO8P. The van der Waals surface area contributed by atoms with E-state index < -0.39 is 26.5 Å². The molecule has 0 aliphatic carbocycles. The number of ether oxygens (including phenoxy) is 1. The largest absolute Gasteiger partial charge is 0.472 e. The third kappa shape index (κ3) is 35.5. The number of carbonyl (C=O) groups is 2. The van der Waals surface area contributed by atoms with Crippen LogP contribution in [0, 0.1) is 0 Å². The summed E-state index contributed by atoms with van der Waals surface area (Å²) in [5.74, 6) is -0.534. The molecule has 0 spiro atoms. The van der Waals surface area contributed by atoms with Gasteiger partial charge >= 0.3 is 13.8 Å². The SMILES string of the molecule is CC/C=C\C/C=C\C/C=C\CCCCCCCC(=O)OCC(O)COP(=O)(O)OCCNC(=O)CCCCCCCCCCCCCC. The lowest BCUT2D eigenvalue weighted by Crippen LogP contribution is -2.27. The van der Waals surface area contributed by atoms with E-state index in [1.54, 1.807) is 0 Å². The van der Waals surface area contributed by atoms with E-state index in [9.17, 15) is 24.2 Å². The average molecular weight is 700 g/mol. The highest BCUT2D eigenvalue weighted by molar-refractivity contribution is 7.47. The van der Waals surface area contributed by atoms with E-state index in [-0.39, 0.29) is 32.1 Å². The fraction of sp³-hybridized carbons (Fsp3) is 0.789. The molecule has 280 valence electrons. The van der Waals surface area contributed by atoms with Crippen molar-refractivity contribution < 1.29 is 37.9 Å². The summed E-state index contributed by atoms with van der Waals surface area (Å²) in [7, 11) is -4.41. The van der Waals surface area contributed by atoms with Gasteiger partial charge in [-0.2, -0.15) is 0 Å². The number of carbonyl (C=O) groups excluding carboxylic acids is 2. The Balaban J connectivity index is 3.65. The van der Waals surface area contributed by atoms with E-state index in [1.807, 2.05) is 0 Å². The van der Waals surface area contributed by atoms with E-state index in [1.165, 1.54) is 57.8 Å². The van der Waals surface area contributed by atoms with Gasteiger partial charge in [0, 0.05) is 19.4 Å². The Labute approximate surface area is 293 Å². The number of hydrogen-bond donors (Lipinski definition) is 3. The maximum absolute atomic E-state index is 12.0. The molecule has 0 heterocycles. The van der Waals surface area contributed by atoms with Gasteiger partial charge in [0.25, 0.3) is 0 Å². The molecule has 0 fully saturated rings. The Morgan fingerprint density at radius 2 is 1.19 bits per heavy atom. The number of aliphatic hydroxyl groups is 1. The molecule has 0 aliphatic heterocycles. The fourth-order valence-corrected chi connectivity index (χ4v) is 5.74. The van der Waals surface area contributed by atoms with Crippen LogP contribution >= 0.6 is 7.82 Å². The van der Waals surface area contributed by atoms with Gasteiger partial charge in [0.15, 0.2) is 0 Å². The molecule has 0 aromatic heterocycles. The van der Waals surface area contributed by atoms with Gasteiger partial charge in [-0.15, -0.1) is 0 Å². The number of amides is 1. The summed E-state index contributed by atoms with van der Waals surface area (Å²) in [5, 5.41) is 12.6. The van der Waals surface area contributed by atoms with Gasteiger partial charge in [0.1, 0.15) is 12.7 Å². The van der Waals surface area contributed by atoms with Gasteiger partial charge in [0.2, 0.25) is 5.91 Å². The molecule has 48 heavy (non-hydrogen) atoms. The molecule has 3 N–H and O–H groups in total. The lowest BCUT2D eigenvalue weighted by molar-refractivity contribution is -0.147. The molecule has 0 aromatic carbocycles. The maximum Gasteiger partial charge on any atom is 0.472 e. The van der Waals surface area contributed by atoms with Crippen LogP contribution < -0.4 is 5.32 Å². The molecule has 10 heteroatoms. The number of aliphatic hydroxyl groups excluding tert-OH is 1. The lowest BCUT2D eigenvalue weighted by Gasteiger charge is -2.15. The predicted octanol–water partition coefficient (Wildman–Crippen LogP) is 9.82.